The number of hydrogen-bond acceptors (Lipinski definition) is 4. The molecule has 106 valence electrons. The number of aliphatic carboxylic acids is 1. The maximum atomic E-state index is 12.2. The molecule has 1 saturated heterocycles. The quantitative estimate of drug-likeness (QED) is 0.750. The molecule has 0 radical (unpaired) electrons. The highest BCUT2D eigenvalue weighted by Gasteiger charge is 2.40. The van der Waals surface area contributed by atoms with Gasteiger partial charge in [-0.05, 0) is 25.7 Å². The van der Waals surface area contributed by atoms with E-state index in [4.69, 9.17) is 10.8 Å². The smallest absolute Gasteiger partial charge is 0.323 e. The van der Waals surface area contributed by atoms with Gasteiger partial charge in [0.15, 0.2) is 5.25 Å². The van der Waals surface area contributed by atoms with Gasteiger partial charge in [0, 0.05) is 19.1 Å². The highest BCUT2D eigenvalue weighted by atomic mass is 32.2. The average molecular weight is 278 g/mol. The lowest BCUT2D eigenvalue weighted by molar-refractivity contribution is -0.136. The minimum atomic E-state index is -3.80. The molecule has 3 N–H and O–H groups in total. The minimum absolute atomic E-state index is 0.238. The van der Waals surface area contributed by atoms with Crippen molar-refractivity contribution in [3.63, 3.8) is 0 Å². The second kappa shape index (κ2) is 5.99. The normalized spacial score (nSPS) is 27.9. The summed E-state index contributed by atoms with van der Waals surface area (Å²) in [5, 5.41) is 7.46. The summed E-state index contributed by atoms with van der Waals surface area (Å²) >= 11 is 0. The van der Waals surface area contributed by atoms with E-state index in [2.05, 4.69) is 6.92 Å². The van der Waals surface area contributed by atoms with Crippen LogP contribution in [0.3, 0.4) is 0 Å². The number of carboxylic acid groups (broad SMARTS) is 1. The Kier molecular flexibility index (Phi) is 5.12. The molecule has 6 nitrogen and oxygen atoms in total. The van der Waals surface area contributed by atoms with Crippen LogP contribution in [-0.4, -0.2) is 48.2 Å². The topological polar surface area (TPSA) is 101 Å². The van der Waals surface area contributed by atoms with Crippen molar-refractivity contribution in [1.82, 2.24) is 4.31 Å². The molecular formula is C11H22N2O4S. The Morgan fingerprint density at radius 1 is 1.56 bits per heavy atom. The van der Waals surface area contributed by atoms with Gasteiger partial charge >= 0.3 is 5.97 Å². The molecule has 0 bridgehead atoms. The van der Waals surface area contributed by atoms with Gasteiger partial charge in [-0.3, -0.25) is 4.79 Å². The van der Waals surface area contributed by atoms with Crippen LogP contribution >= 0.6 is 0 Å². The highest BCUT2D eigenvalue weighted by Crippen LogP contribution is 2.28. The van der Waals surface area contributed by atoms with Crippen molar-refractivity contribution in [2.24, 2.45) is 11.7 Å². The van der Waals surface area contributed by atoms with Crippen molar-refractivity contribution >= 4 is 16.0 Å². The standard InChI is InChI=1S/C11H22N2O4S/c1-3-9-4-5-13(10(6-9)7-12)18(16,17)8(2)11(14)15/h8-10H,3-7,12H2,1-2H3,(H,14,15). The number of carbonyl (C=O) groups is 1. The Morgan fingerprint density at radius 3 is 2.61 bits per heavy atom. The van der Waals surface area contributed by atoms with Crippen molar-refractivity contribution < 1.29 is 18.3 Å². The van der Waals surface area contributed by atoms with E-state index in [-0.39, 0.29) is 12.6 Å². The summed E-state index contributed by atoms with van der Waals surface area (Å²) in [4.78, 5) is 10.9. The van der Waals surface area contributed by atoms with Crippen LogP contribution in [0.25, 0.3) is 0 Å². The number of nitrogens with two attached hydrogens (primary N) is 1. The summed E-state index contributed by atoms with van der Waals surface area (Å²) in [6.45, 7) is 3.89. The molecule has 1 aliphatic rings. The molecule has 0 saturated carbocycles. The van der Waals surface area contributed by atoms with E-state index in [0.717, 1.165) is 19.3 Å². The van der Waals surface area contributed by atoms with Crippen LogP contribution < -0.4 is 5.73 Å². The molecule has 3 atom stereocenters. The van der Waals surface area contributed by atoms with Gasteiger partial charge in [0.25, 0.3) is 0 Å². The molecule has 7 heteroatoms. The summed E-state index contributed by atoms with van der Waals surface area (Å²) < 4.78 is 25.7. The van der Waals surface area contributed by atoms with Gasteiger partial charge in [0.05, 0.1) is 0 Å². The second-order valence-corrected chi connectivity index (χ2v) is 7.03. The number of hydrogen-bond donors (Lipinski definition) is 2. The van der Waals surface area contributed by atoms with Gasteiger partial charge in [0.1, 0.15) is 0 Å². The van der Waals surface area contributed by atoms with E-state index in [9.17, 15) is 13.2 Å². The SMILES string of the molecule is CCC1CCN(S(=O)(=O)C(C)C(=O)O)C(CN)C1. The molecule has 0 spiro atoms. The number of piperidine rings is 1. The van der Waals surface area contributed by atoms with E-state index >= 15 is 0 Å². The summed E-state index contributed by atoms with van der Waals surface area (Å²) in [5.41, 5.74) is 5.63. The lowest BCUT2D eigenvalue weighted by Gasteiger charge is -2.38. The monoisotopic (exact) mass is 278 g/mol. The van der Waals surface area contributed by atoms with Crippen molar-refractivity contribution in [3.05, 3.63) is 0 Å². The van der Waals surface area contributed by atoms with Crippen LogP contribution in [-0.2, 0) is 14.8 Å². The fraction of sp³-hybridized carbons (Fsp3) is 0.909. The molecule has 0 amide bonds. The third kappa shape index (κ3) is 3.02. The molecule has 1 fully saturated rings. The van der Waals surface area contributed by atoms with Crippen molar-refractivity contribution in [2.45, 2.75) is 44.4 Å². The number of rotatable bonds is 5. The van der Waals surface area contributed by atoms with Gasteiger partial charge in [-0.2, -0.15) is 4.31 Å². The van der Waals surface area contributed by atoms with E-state index in [1.54, 1.807) is 0 Å². The van der Waals surface area contributed by atoms with E-state index in [1.165, 1.54) is 11.2 Å². The molecule has 3 unspecified atom stereocenters. The summed E-state index contributed by atoms with van der Waals surface area (Å²) in [5.74, 6) is -0.839. The highest BCUT2D eigenvalue weighted by molar-refractivity contribution is 7.90. The third-order valence-electron chi connectivity index (χ3n) is 3.74. The summed E-state index contributed by atoms with van der Waals surface area (Å²) in [6, 6.07) is -0.268. The van der Waals surface area contributed by atoms with E-state index < -0.39 is 21.2 Å². The first-order valence-electron chi connectivity index (χ1n) is 6.28. The Morgan fingerprint density at radius 2 is 2.17 bits per heavy atom. The first kappa shape index (κ1) is 15.4. The second-order valence-electron chi connectivity index (χ2n) is 4.82. The molecule has 18 heavy (non-hydrogen) atoms. The zero-order chi connectivity index (χ0) is 13.9. The molecular weight excluding hydrogens is 256 g/mol. The molecule has 0 aliphatic carbocycles. The van der Waals surface area contributed by atoms with Crippen molar-refractivity contribution in [2.75, 3.05) is 13.1 Å². The maximum Gasteiger partial charge on any atom is 0.323 e. The van der Waals surface area contributed by atoms with E-state index in [1.807, 2.05) is 0 Å². The first-order chi connectivity index (χ1) is 8.34. The van der Waals surface area contributed by atoms with Gasteiger partial charge in [-0.25, -0.2) is 8.42 Å². The van der Waals surface area contributed by atoms with Crippen LogP contribution in [0.4, 0.5) is 0 Å². The van der Waals surface area contributed by atoms with E-state index in [0.29, 0.717) is 12.5 Å². The largest absolute Gasteiger partial charge is 0.480 e. The predicted octanol–water partition coefficient (Wildman–Crippen LogP) is 0.239. The summed E-state index contributed by atoms with van der Waals surface area (Å²) in [6.07, 6.45) is 2.50. The maximum absolute atomic E-state index is 12.2. The molecule has 1 aliphatic heterocycles. The molecule has 0 aromatic carbocycles. The molecule has 0 aromatic heterocycles. The number of carboxylic acids is 1. The van der Waals surface area contributed by atoms with Gasteiger partial charge in [0.2, 0.25) is 10.0 Å². The Labute approximate surface area is 108 Å². The molecule has 1 heterocycles. The molecule has 1 rings (SSSR count). The zero-order valence-corrected chi connectivity index (χ0v) is 11.7. The van der Waals surface area contributed by atoms with Crippen LogP contribution in [0.5, 0.6) is 0 Å². The van der Waals surface area contributed by atoms with Crippen molar-refractivity contribution in [3.8, 4) is 0 Å². The first-order valence-corrected chi connectivity index (χ1v) is 7.78. The van der Waals surface area contributed by atoms with Crippen LogP contribution in [0.1, 0.15) is 33.1 Å². The fourth-order valence-corrected chi connectivity index (χ4v) is 3.97. The number of nitrogens with zero attached hydrogens (tertiary/aromatic N) is 1. The lowest BCUT2D eigenvalue weighted by atomic mass is 9.90. The predicted molar refractivity (Wildman–Crippen MR) is 68.6 cm³/mol. The number of sulfonamides is 1. The Hall–Kier alpha value is -0.660. The van der Waals surface area contributed by atoms with Crippen LogP contribution in [0, 0.1) is 5.92 Å². The van der Waals surface area contributed by atoms with Crippen LogP contribution in [0.2, 0.25) is 0 Å². The lowest BCUT2D eigenvalue weighted by Crippen LogP contribution is -2.53. The van der Waals surface area contributed by atoms with Crippen molar-refractivity contribution in [1.29, 1.82) is 0 Å². The molecule has 0 aromatic rings. The van der Waals surface area contributed by atoms with Gasteiger partial charge in [-0.1, -0.05) is 13.3 Å². The fourth-order valence-electron chi connectivity index (χ4n) is 2.36. The van der Waals surface area contributed by atoms with Gasteiger partial charge in [-0.15, -0.1) is 0 Å². The average Bonchev–Trinajstić information content (AvgIpc) is 2.36. The Bertz CT molecular complexity index is 396. The minimum Gasteiger partial charge on any atom is -0.480 e. The Balaban J connectivity index is 2.91. The van der Waals surface area contributed by atoms with Gasteiger partial charge < -0.3 is 10.8 Å². The third-order valence-corrected chi connectivity index (χ3v) is 5.97. The zero-order valence-electron chi connectivity index (χ0n) is 10.9. The van der Waals surface area contributed by atoms with Crippen LogP contribution in [0.15, 0.2) is 0 Å². The summed E-state index contributed by atoms with van der Waals surface area (Å²) in [7, 11) is -3.80.